The van der Waals surface area contributed by atoms with Crippen molar-refractivity contribution in [2.24, 2.45) is 0 Å². The molecule has 0 atom stereocenters. The molecule has 0 saturated heterocycles. The van der Waals surface area contributed by atoms with Gasteiger partial charge in [0.15, 0.2) is 0 Å². The maximum atomic E-state index is 2.49. The molecule has 2 aliphatic carbocycles. The molecule has 1 heteroatoms. The van der Waals surface area contributed by atoms with Gasteiger partial charge in [-0.3, -0.25) is 0 Å². The van der Waals surface area contributed by atoms with E-state index >= 15 is 0 Å². The molecule has 0 radical (unpaired) electrons. The molecule has 2 aliphatic rings. The zero-order chi connectivity index (χ0) is 40.7. The second kappa shape index (κ2) is 13.5. The first-order valence-corrected chi connectivity index (χ1v) is 21.4. The molecule has 12 rings (SSSR count). The topological polar surface area (TPSA) is 3.24 Å². The monoisotopic (exact) mass is 777 g/mol. The molecule has 0 bridgehead atoms. The van der Waals surface area contributed by atoms with E-state index in [1.165, 1.54) is 88.3 Å². The van der Waals surface area contributed by atoms with Gasteiger partial charge in [0.05, 0.1) is 5.41 Å². The molecule has 1 nitrogen and oxygen atoms in total. The van der Waals surface area contributed by atoms with Gasteiger partial charge in [-0.25, -0.2) is 0 Å². The lowest BCUT2D eigenvalue weighted by atomic mass is 9.67. The molecule has 0 heterocycles. The van der Waals surface area contributed by atoms with Gasteiger partial charge in [0.25, 0.3) is 0 Å². The fraction of sp³-hybridized carbons (Fsp3) is 0.0667. The average molecular weight is 778 g/mol. The molecular formula is C60H43N. The maximum Gasteiger partial charge on any atom is 0.0714 e. The van der Waals surface area contributed by atoms with Crippen LogP contribution in [0.5, 0.6) is 0 Å². The molecular weight excluding hydrogens is 735 g/mol. The van der Waals surface area contributed by atoms with E-state index in [1.807, 2.05) is 0 Å². The molecule has 0 spiro atoms. The van der Waals surface area contributed by atoms with Crippen molar-refractivity contribution in [1.29, 1.82) is 0 Å². The van der Waals surface area contributed by atoms with Crippen LogP contribution in [-0.4, -0.2) is 0 Å². The van der Waals surface area contributed by atoms with E-state index in [4.69, 9.17) is 0 Å². The predicted octanol–water partition coefficient (Wildman–Crippen LogP) is 15.8. The Labute approximate surface area is 357 Å². The molecule has 0 amide bonds. The Morgan fingerprint density at radius 2 is 0.885 bits per heavy atom. The van der Waals surface area contributed by atoms with Crippen molar-refractivity contribution in [2.45, 2.75) is 24.7 Å². The molecule has 0 saturated carbocycles. The minimum absolute atomic E-state index is 0.184. The number of fused-ring (bicyclic) bond motifs is 9. The highest BCUT2D eigenvalue weighted by Crippen LogP contribution is 2.58. The van der Waals surface area contributed by atoms with Crippen LogP contribution in [0.2, 0.25) is 0 Å². The molecule has 288 valence electrons. The molecule has 0 aliphatic heterocycles. The quantitative estimate of drug-likeness (QED) is 0.163. The summed E-state index contributed by atoms with van der Waals surface area (Å²) in [6.45, 7) is 4.80. The van der Waals surface area contributed by atoms with Crippen molar-refractivity contribution < 1.29 is 0 Å². The standard InChI is InChI=1S/C60H43N/c1-59(2)55-35-33-46(37-53(55)54-39-52(41-19-6-3-7-20-41)48-26-14-15-28-51(48)58(54)59)61(45-31-30-40-18-12-13-21-42(40)36-45)47-32-34-50-49-27-16-17-29-56(49)60(57(50)38-47,43-22-8-4-9-23-43)44-24-10-5-11-25-44/h3-39H,1-2H3. The van der Waals surface area contributed by atoms with E-state index in [0.29, 0.717) is 0 Å². The Balaban J connectivity index is 1.12. The Morgan fingerprint density at radius 1 is 0.328 bits per heavy atom. The molecule has 10 aromatic carbocycles. The summed E-state index contributed by atoms with van der Waals surface area (Å²) >= 11 is 0. The Bertz CT molecular complexity index is 3290. The lowest BCUT2D eigenvalue weighted by molar-refractivity contribution is 0.666. The van der Waals surface area contributed by atoms with Crippen molar-refractivity contribution in [3.8, 4) is 33.4 Å². The number of rotatable bonds is 6. The highest BCUT2D eigenvalue weighted by molar-refractivity contribution is 6.06. The van der Waals surface area contributed by atoms with E-state index in [0.717, 1.165) is 17.1 Å². The normalized spacial score (nSPS) is 14.0. The largest absolute Gasteiger partial charge is 0.310 e. The maximum absolute atomic E-state index is 2.49. The zero-order valence-electron chi connectivity index (χ0n) is 34.3. The van der Waals surface area contributed by atoms with Crippen molar-refractivity contribution in [3.05, 3.63) is 258 Å². The first-order valence-electron chi connectivity index (χ1n) is 21.4. The van der Waals surface area contributed by atoms with Crippen molar-refractivity contribution >= 4 is 38.6 Å². The fourth-order valence-electron chi connectivity index (χ4n) is 11.0. The third kappa shape index (κ3) is 5.20. The van der Waals surface area contributed by atoms with E-state index < -0.39 is 5.41 Å². The summed E-state index contributed by atoms with van der Waals surface area (Å²) in [5.74, 6) is 0. The van der Waals surface area contributed by atoms with Crippen LogP contribution in [-0.2, 0) is 10.8 Å². The lowest BCUT2D eigenvalue weighted by Crippen LogP contribution is -2.28. The highest BCUT2D eigenvalue weighted by Gasteiger charge is 2.46. The minimum Gasteiger partial charge on any atom is -0.310 e. The van der Waals surface area contributed by atoms with Crippen LogP contribution in [0, 0.1) is 0 Å². The van der Waals surface area contributed by atoms with Gasteiger partial charge in [-0.1, -0.05) is 196 Å². The molecule has 0 fully saturated rings. The van der Waals surface area contributed by atoms with Crippen molar-refractivity contribution in [2.75, 3.05) is 4.90 Å². The summed E-state index contributed by atoms with van der Waals surface area (Å²) in [5.41, 5.74) is 18.3. The summed E-state index contributed by atoms with van der Waals surface area (Å²) in [4.78, 5) is 2.49. The summed E-state index contributed by atoms with van der Waals surface area (Å²) in [6, 6.07) is 83.6. The minimum atomic E-state index is -0.505. The van der Waals surface area contributed by atoms with Crippen LogP contribution in [0.1, 0.15) is 47.2 Å². The van der Waals surface area contributed by atoms with Gasteiger partial charge in [0.2, 0.25) is 0 Å². The summed E-state index contributed by atoms with van der Waals surface area (Å²) in [6.07, 6.45) is 0. The zero-order valence-corrected chi connectivity index (χ0v) is 34.3. The first-order chi connectivity index (χ1) is 30.0. The van der Waals surface area contributed by atoms with Crippen LogP contribution < -0.4 is 4.90 Å². The van der Waals surface area contributed by atoms with Gasteiger partial charge >= 0.3 is 0 Å². The summed E-state index contributed by atoms with van der Waals surface area (Å²) < 4.78 is 0. The molecule has 10 aromatic rings. The van der Waals surface area contributed by atoms with E-state index in [9.17, 15) is 0 Å². The Hall–Kier alpha value is -7.48. The van der Waals surface area contributed by atoms with E-state index in [1.54, 1.807) is 0 Å². The van der Waals surface area contributed by atoms with Gasteiger partial charge in [-0.15, -0.1) is 0 Å². The molecule has 0 unspecified atom stereocenters. The summed E-state index contributed by atoms with van der Waals surface area (Å²) in [7, 11) is 0. The van der Waals surface area contributed by atoms with Gasteiger partial charge in [0.1, 0.15) is 0 Å². The second-order valence-corrected chi connectivity index (χ2v) is 17.2. The smallest absolute Gasteiger partial charge is 0.0714 e. The van der Waals surface area contributed by atoms with Gasteiger partial charge in [0, 0.05) is 22.5 Å². The third-order valence-electron chi connectivity index (χ3n) is 13.7. The average Bonchev–Trinajstić information content (AvgIpc) is 3.74. The SMILES string of the molecule is CC1(C)c2ccc(N(c3ccc4c(c3)C(c3ccccc3)(c3ccccc3)c3ccccc3-4)c3ccc4ccccc4c3)cc2-c2cc(-c3ccccc3)c3ccccc3c21. The van der Waals surface area contributed by atoms with E-state index in [2.05, 4.69) is 243 Å². The van der Waals surface area contributed by atoms with Gasteiger partial charge < -0.3 is 4.90 Å². The molecule has 0 N–H and O–H groups in total. The fourth-order valence-corrected chi connectivity index (χ4v) is 11.0. The molecule has 0 aromatic heterocycles. The first kappa shape index (κ1) is 35.5. The number of benzene rings is 10. The predicted molar refractivity (Wildman–Crippen MR) is 256 cm³/mol. The number of hydrogen-bond acceptors (Lipinski definition) is 1. The van der Waals surface area contributed by atoms with E-state index in [-0.39, 0.29) is 5.41 Å². The van der Waals surface area contributed by atoms with Crippen molar-refractivity contribution in [3.63, 3.8) is 0 Å². The van der Waals surface area contributed by atoms with Gasteiger partial charge in [-0.05, 0) is 131 Å². The van der Waals surface area contributed by atoms with Gasteiger partial charge in [-0.2, -0.15) is 0 Å². The van der Waals surface area contributed by atoms with Crippen LogP contribution in [0.15, 0.2) is 224 Å². The number of hydrogen-bond donors (Lipinski definition) is 0. The number of anilines is 3. The van der Waals surface area contributed by atoms with Crippen LogP contribution >= 0.6 is 0 Å². The Morgan fingerprint density at radius 3 is 1.64 bits per heavy atom. The van der Waals surface area contributed by atoms with Crippen LogP contribution in [0.25, 0.3) is 54.9 Å². The molecule has 61 heavy (non-hydrogen) atoms. The van der Waals surface area contributed by atoms with Crippen LogP contribution in [0.3, 0.4) is 0 Å². The van der Waals surface area contributed by atoms with Crippen LogP contribution in [0.4, 0.5) is 17.1 Å². The third-order valence-corrected chi connectivity index (χ3v) is 13.7. The second-order valence-electron chi connectivity index (χ2n) is 17.2. The lowest BCUT2D eigenvalue weighted by Gasteiger charge is -2.35. The summed E-state index contributed by atoms with van der Waals surface area (Å²) in [5, 5.41) is 5.07. The highest BCUT2D eigenvalue weighted by atomic mass is 15.1. The number of nitrogens with zero attached hydrogens (tertiary/aromatic N) is 1. The Kier molecular flexibility index (Phi) is 7.86. The van der Waals surface area contributed by atoms with Crippen molar-refractivity contribution in [1.82, 2.24) is 0 Å².